The molecule has 1 atom stereocenters. The van der Waals surface area contributed by atoms with E-state index in [0.29, 0.717) is 25.4 Å². The lowest BCUT2D eigenvalue weighted by Gasteiger charge is -2.25. The van der Waals surface area contributed by atoms with E-state index in [2.05, 4.69) is 5.32 Å². The molecule has 0 saturated heterocycles. The zero-order valence-electron chi connectivity index (χ0n) is 11.9. The van der Waals surface area contributed by atoms with Crippen molar-refractivity contribution < 1.29 is 14.7 Å². The maximum Gasteiger partial charge on any atom is 0.326 e. The second-order valence-electron chi connectivity index (χ2n) is 4.92. The summed E-state index contributed by atoms with van der Waals surface area (Å²) in [5.41, 5.74) is 0. The Kier molecular flexibility index (Phi) is 8.16. The smallest absolute Gasteiger partial charge is 0.326 e. The summed E-state index contributed by atoms with van der Waals surface area (Å²) in [4.78, 5) is 24.6. The van der Waals surface area contributed by atoms with Crippen LogP contribution in [0.5, 0.6) is 0 Å². The summed E-state index contributed by atoms with van der Waals surface area (Å²) in [5.74, 6) is -0.591. The highest BCUT2D eigenvalue weighted by Gasteiger charge is 2.22. The Morgan fingerprint density at radius 3 is 2.28 bits per heavy atom. The number of hydrogen-bond donors (Lipinski definition) is 2. The van der Waals surface area contributed by atoms with Gasteiger partial charge in [0.05, 0.1) is 0 Å². The van der Waals surface area contributed by atoms with E-state index >= 15 is 0 Å². The van der Waals surface area contributed by atoms with Crippen LogP contribution in [0, 0.1) is 5.92 Å². The van der Waals surface area contributed by atoms with Crippen molar-refractivity contribution in [3.05, 3.63) is 0 Å². The first-order valence-electron chi connectivity index (χ1n) is 6.70. The van der Waals surface area contributed by atoms with Crippen LogP contribution in [0.15, 0.2) is 0 Å². The summed E-state index contributed by atoms with van der Waals surface area (Å²) in [6.07, 6.45) is 2.20. The molecule has 1 unspecified atom stereocenters. The molecule has 0 aromatic rings. The maximum absolute atomic E-state index is 11.9. The summed E-state index contributed by atoms with van der Waals surface area (Å²) < 4.78 is 0. The number of carbonyl (C=O) groups is 2. The Morgan fingerprint density at radius 1 is 1.28 bits per heavy atom. The van der Waals surface area contributed by atoms with Gasteiger partial charge in [-0.1, -0.05) is 33.6 Å². The van der Waals surface area contributed by atoms with E-state index in [1.807, 2.05) is 27.7 Å². The van der Waals surface area contributed by atoms with E-state index in [0.717, 1.165) is 12.8 Å². The van der Waals surface area contributed by atoms with E-state index in [1.165, 1.54) is 0 Å². The van der Waals surface area contributed by atoms with Gasteiger partial charge in [0.15, 0.2) is 0 Å². The number of carbonyl (C=O) groups excluding carboxylic acids is 1. The van der Waals surface area contributed by atoms with Crippen molar-refractivity contribution in [3.63, 3.8) is 0 Å². The van der Waals surface area contributed by atoms with E-state index in [9.17, 15) is 9.59 Å². The highest BCUT2D eigenvalue weighted by atomic mass is 16.4. The molecule has 0 rings (SSSR count). The van der Waals surface area contributed by atoms with Crippen LogP contribution in [0.1, 0.15) is 47.0 Å². The summed E-state index contributed by atoms with van der Waals surface area (Å²) in [7, 11) is 0. The Morgan fingerprint density at radius 2 is 1.89 bits per heavy atom. The van der Waals surface area contributed by atoms with Crippen molar-refractivity contribution in [1.82, 2.24) is 10.2 Å². The average molecular weight is 258 g/mol. The number of hydrogen-bond acceptors (Lipinski definition) is 2. The Labute approximate surface area is 110 Å². The number of urea groups is 1. The van der Waals surface area contributed by atoms with Crippen molar-refractivity contribution in [2.75, 3.05) is 13.1 Å². The first-order valence-corrected chi connectivity index (χ1v) is 6.70. The van der Waals surface area contributed by atoms with Gasteiger partial charge in [-0.15, -0.1) is 0 Å². The normalized spacial score (nSPS) is 12.3. The van der Waals surface area contributed by atoms with E-state index in [4.69, 9.17) is 5.11 Å². The van der Waals surface area contributed by atoms with E-state index < -0.39 is 12.0 Å². The number of carboxylic acids is 1. The Balaban J connectivity index is 4.41. The van der Waals surface area contributed by atoms with Crippen molar-refractivity contribution in [2.45, 2.75) is 53.0 Å². The minimum absolute atomic E-state index is 0.283. The molecule has 0 aliphatic rings. The van der Waals surface area contributed by atoms with Crippen LogP contribution >= 0.6 is 0 Å². The fraction of sp³-hybridized carbons (Fsp3) is 0.846. The molecule has 0 radical (unpaired) electrons. The van der Waals surface area contributed by atoms with Crippen LogP contribution in [-0.4, -0.2) is 41.1 Å². The van der Waals surface area contributed by atoms with Crippen LogP contribution in [0.3, 0.4) is 0 Å². The molecule has 0 fully saturated rings. The minimum Gasteiger partial charge on any atom is -0.480 e. The average Bonchev–Trinajstić information content (AvgIpc) is 2.30. The lowest BCUT2D eigenvalue weighted by atomic mass is 10.1. The number of nitrogens with one attached hydrogen (secondary N) is 1. The molecule has 0 aliphatic heterocycles. The Bertz CT molecular complexity index is 267. The lowest BCUT2D eigenvalue weighted by molar-refractivity contribution is -0.139. The van der Waals surface area contributed by atoms with Crippen molar-refractivity contribution >= 4 is 12.0 Å². The van der Waals surface area contributed by atoms with Crippen molar-refractivity contribution in [2.24, 2.45) is 5.92 Å². The number of amides is 2. The lowest BCUT2D eigenvalue weighted by Crippen LogP contribution is -2.48. The minimum atomic E-state index is -0.961. The summed E-state index contributed by atoms with van der Waals surface area (Å²) in [6.45, 7) is 9.18. The standard InChI is InChI=1S/C13H26N2O3/c1-5-7-8-11(12(16)17)14-13(18)15(6-2)9-10(3)4/h10-11H,5-9H2,1-4H3,(H,14,18)(H,16,17). The number of nitrogens with zero attached hydrogens (tertiary/aromatic N) is 1. The molecule has 0 heterocycles. The molecular weight excluding hydrogens is 232 g/mol. The van der Waals surface area contributed by atoms with Crippen LogP contribution in [0.25, 0.3) is 0 Å². The first-order chi connectivity index (χ1) is 8.42. The summed E-state index contributed by atoms with van der Waals surface area (Å²) in [5, 5.41) is 11.6. The molecule has 5 heteroatoms. The Hall–Kier alpha value is -1.26. The third-order valence-corrected chi connectivity index (χ3v) is 2.70. The first kappa shape index (κ1) is 16.7. The van der Waals surface area contributed by atoms with E-state index in [1.54, 1.807) is 4.90 Å². The number of aliphatic carboxylic acids is 1. The number of carboxylic acid groups (broad SMARTS) is 1. The summed E-state index contributed by atoms with van der Waals surface area (Å²) in [6, 6.07) is -1.06. The van der Waals surface area contributed by atoms with Gasteiger partial charge in [-0.25, -0.2) is 9.59 Å². The maximum atomic E-state index is 11.9. The van der Waals surface area contributed by atoms with Gasteiger partial charge in [-0.3, -0.25) is 0 Å². The topological polar surface area (TPSA) is 69.6 Å². The van der Waals surface area contributed by atoms with Crippen LogP contribution < -0.4 is 5.32 Å². The molecule has 0 aliphatic carbocycles. The molecule has 2 N–H and O–H groups in total. The summed E-state index contributed by atoms with van der Waals surface area (Å²) >= 11 is 0. The predicted octanol–water partition coefficient (Wildman–Crippen LogP) is 2.32. The molecular formula is C13H26N2O3. The van der Waals surface area contributed by atoms with Crippen molar-refractivity contribution in [1.29, 1.82) is 0 Å². The molecule has 0 spiro atoms. The van der Waals surface area contributed by atoms with Gasteiger partial charge in [-0.05, 0) is 19.3 Å². The molecule has 0 aromatic heterocycles. The second-order valence-corrected chi connectivity index (χ2v) is 4.92. The molecule has 5 nitrogen and oxygen atoms in total. The van der Waals surface area contributed by atoms with E-state index in [-0.39, 0.29) is 6.03 Å². The zero-order chi connectivity index (χ0) is 14.1. The fourth-order valence-electron chi connectivity index (χ4n) is 1.70. The number of unbranched alkanes of at least 4 members (excludes halogenated alkanes) is 1. The SMILES string of the molecule is CCCCC(NC(=O)N(CC)CC(C)C)C(=O)O. The quantitative estimate of drug-likeness (QED) is 0.702. The van der Waals surface area contributed by atoms with Crippen LogP contribution in [-0.2, 0) is 4.79 Å². The number of rotatable bonds is 8. The van der Waals surface area contributed by atoms with Gasteiger partial charge in [0.2, 0.25) is 0 Å². The third-order valence-electron chi connectivity index (χ3n) is 2.70. The van der Waals surface area contributed by atoms with Crippen molar-refractivity contribution in [3.8, 4) is 0 Å². The third kappa shape index (κ3) is 6.47. The molecule has 2 amide bonds. The van der Waals surface area contributed by atoms with Gasteiger partial charge in [0.25, 0.3) is 0 Å². The molecule has 0 saturated carbocycles. The van der Waals surface area contributed by atoms with Gasteiger partial charge in [-0.2, -0.15) is 0 Å². The van der Waals surface area contributed by atoms with Gasteiger partial charge in [0, 0.05) is 13.1 Å². The molecule has 106 valence electrons. The fourth-order valence-corrected chi connectivity index (χ4v) is 1.70. The molecule has 18 heavy (non-hydrogen) atoms. The second kappa shape index (κ2) is 8.78. The zero-order valence-corrected chi connectivity index (χ0v) is 11.9. The molecule has 0 aromatic carbocycles. The highest BCUT2D eigenvalue weighted by molar-refractivity contribution is 5.82. The van der Waals surface area contributed by atoms with Gasteiger partial charge < -0.3 is 15.3 Å². The largest absolute Gasteiger partial charge is 0.480 e. The monoisotopic (exact) mass is 258 g/mol. The molecule has 0 bridgehead atoms. The van der Waals surface area contributed by atoms with Gasteiger partial charge >= 0.3 is 12.0 Å². The van der Waals surface area contributed by atoms with Gasteiger partial charge in [0.1, 0.15) is 6.04 Å². The predicted molar refractivity (Wildman–Crippen MR) is 71.6 cm³/mol. The highest BCUT2D eigenvalue weighted by Crippen LogP contribution is 2.04. The van der Waals surface area contributed by atoms with Crippen LogP contribution in [0.4, 0.5) is 4.79 Å². The van der Waals surface area contributed by atoms with Crippen LogP contribution in [0.2, 0.25) is 0 Å².